The van der Waals surface area contributed by atoms with E-state index in [0.717, 1.165) is 5.06 Å². The summed E-state index contributed by atoms with van der Waals surface area (Å²) in [5, 5.41) is 0.811. The van der Waals surface area contributed by atoms with Crippen molar-refractivity contribution in [2.24, 2.45) is 11.8 Å². The second-order valence-electron chi connectivity index (χ2n) is 4.14. The summed E-state index contributed by atoms with van der Waals surface area (Å²) < 4.78 is 5.12. The number of imide groups is 1. The minimum Gasteiger partial charge on any atom is -0.353 e. The topological polar surface area (TPSA) is 55.8 Å². The fourth-order valence-corrected chi connectivity index (χ4v) is 1.26. The van der Waals surface area contributed by atoms with Crippen LogP contribution in [0.4, 0.5) is 0 Å². The van der Waals surface area contributed by atoms with Crippen LogP contribution in [0.1, 0.15) is 27.2 Å². The number of rotatable bonds is 5. The van der Waals surface area contributed by atoms with E-state index in [1.807, 2.05) is 13.8 Å². The van der Waals surface area contributed by atoms with Crippen molar-refractivity contribution in [2.45, 2.75) is 27.2 Å². The lowest BCUT2D eigenvalue weighted by atomic mass is 10.1. The third-order valence-corrected chi connectivity index (χ3v) is 2.05. The number of amides is 2. The van der Waals surface area contributed by atoms with Crippen LogP contribution in [0.2, 0.25) is 0 Å². The maximum absolute atomic E-state index is 11.4. The summed E-state index contributed by atoms with van der Waals surface area (Å²) in [7, 11) is 0. The Morgan fingerprint density at radius 2 is 2.13 bits per heavy atom. The van der Waals surface area contributed by atoms with E-state index in [9.17, 15) is 9.59 Å². The summed E-state index contributed by atoms with van der Waals surface area (Å²) >= 11 is 0. The normalized spacial score (nSPS) is 21.9. The van der Waals surface area contributed by atoms with Crippen molar-refractivity contribution in [2.75, 3.05) is 13.4 Å². The van der Waals surface area contributed by atoms with Gasteiger partial charge < -0.3 is 4.74 Å². The van der Waals surface area contributed by atoms with Crippen LogP contribution >= 0.6 is 0 Å². The zero-order valence-electron chi connectivity index (χ0n) is 9.36. The minimum absolute atomic E-state index is 0.0532. The number of ether oxygens (including phenoxy) is 1. The highest BCUT2D eigenvalue weighted by atomic mass is 16.8. The number of carbonyl (C=O) groups excluding carboxylic acids is 2. The van der Waals surface area contributed by atoms with Gasteiger partial charge >= 0.3 is 0 Å². The molecule has 15 heavy (non-hydrogen) atoms. The molecule has 1 fully saturated rings. The maximum Gasteiger partial charge on any atom is 0.256 e. The van der Waals surface area contributed by atoms with Gasteiger partial charge in [-0.05, 0) is 5.92 Å². The number of hydrogen-bond acceptors (Lipinski definition) is 4. The smallest absolute Gasteiger partial charge is 0.256 e. The van der Waals surface area contributed by atoms with E-state index in [-0.39, 0.29) is 30.9 Å². The molecule has 0 spiro atoms. The van der Waals surface area contributed by atoms with Crippen LogP contribution < -0.4 is 0 Å². The molecule has 5 nitrogen and oxygen atoms in total. The van der Waals surface area contributed by atoms with E-state index in [1.165, 1.54) is 0 Å². The van der Waals surface area contributed by atoms with Crippen molar-refractivity contribution in [1.29, 1.82) is 0 Å². The third kappa shape index (κ3) is 3.28. The van der Waals surface area contributed by atoms with E-state index in [0.29, 0.717) is 12.5 Å². The Morgan fingerprint density at radius 1 is 1.47 bits per heavy atom. The maximum atomic E-state index is 11.4. The average molecular weight is 215 g/mol. The molecule has 1 aliphatic heterocycles. The quantitative estimate of drug-likeness (QED) is 0.389. The first-order valence-electron chi connectivity index (χ1n) is 5.09. The number of nitrogens with zero attached hydrogens (tertiary/aromatic N) is 1. The highest BCUT2D eigenvalue weighted by molar-refractivity contribution is 6.02. The lowest BCUT2D eigenvalue weighted by Crippen LogP contribution is -2.31. The first-order valence-corrected chi connectivity index (χ1v) is 5.09. The Hall–Kier alpha value is -0.940. The van der Waals surface area contributed by atoms with E-state index in [4.69, 9.17) is 9.57 Å². The highest BCUT2D eigenvalue weighted by Gasteiger charge is 2.36. The lowest BCUT2D eigenvalue weighted by Gasteiger charge is -2.14. The van der Waals surface area contributed by atoms with Gasteiger partial charge in [0.15, 0.2) is 6.79 Å². The van der Waals surface area contributed by atoms with Crippen molar-refractivity contribution in [1.82, 2.24) is 5.06 Å². The molecule has 1 rings (SSSR count). The van der Waals surface area contributed by atoms with Gasteiger partial charge in [-0.1, -0.05) is 20.8 Å². The van der Waals surface area contributed by atoms with Crippen LogP contribution in [0, 0.1) is 11.8 Å². The van der Waals surface area contributed by atoms with Crippen LogP contribution in [-0.2, 0) is 19.2 Å². The molecule has 2 amide bonds. The van der Waals surface area contributed by atoms with Crippen LogP contribution in [0.15, 0.2) is 0 Å². The standard InChI is InChI=1S/C10H17NO4/c1-7(2)5-14-6-15-11-9(12)4-8(3)10(11)13/h7-8H,4-6H2,1-3H3. The van der Waals surface area contributed by atoms with Crippen molar-refractivity contribution in [3.8, 4) is 0 Å². The fourth-order valence-electron chi connectivity index (χ4n) is 1.26. The summed E-state index contributed by atoms with van der Waals surface area (Å²) in [6, 6.07) is 0. The molecular weight excluding hydrogens is 198 g/mol. The highest BCUT2D eigenvalue weighted by Crippen LogP contribution is 2.18. The molecule has 0 aromatic carbocycles. The van der Waals surface area contributed by atoms with E-state index in [2.05, 4.69) is 0 Å². The van der Waals surface area contributed by atoms with Gasteiger partial charge in [-0.2, -0.15) is 5.06 Å². The van der Waals surface area contributed by atoms with Crippen LogP contribution in [0.25, 0.3) is 0 Å². The van der Waals surface area contributed by atoms with Crippen molar-refractivity contribution in [3.63, 3.8) is 0 Å². The Bertz CT molecular complexity index is 252. The summed E-state index contributed by atoms with van der Waals surface area (Å²) in [6.45, 7) is 6.22. The largest absolute Gasteiger partial charge is 0.353 e. The molecule has 0 aromatic heterocycles. The summed E-state index contributed by atoms with van der Waals surface area (Å²) in [5.41, 5.74) is 0. The van der Waals surface area contributed by atoms with Crippen molar-refractivity contribution >= 4 is 11.8 Å². The van der Waals surface area contributed by atoms with Gasteiger partial charge in [0.25, 0.3) is 11.8 Å². The molecule has 0 saturated carbocycles. The third-order valence-electron chi connectivity index (χ3n) is 2.05. The number of hydrogen-bond donors (Lipinski definition) is 0. The Balaban J connectivity index is 2.27. The summed E-state index contributed by atoms with van der Waals surface area (Å²) in [5.74, 6) is -0.450. The van der Waals surface area contributed by atoms with Gasteiger partial charge in [0.05, 0.1) is 6.61 Å². The molecule has 5 heteroatoms. The molecule has 1 heterocycles. The average Bonchev–Trinajstić information content (AvgIpc) is 2.37. The lowest BCUT2D eigenvalue weighted by molar-refractivity contribution is -0.219. The van der Waals surface area contributed by atoms with Crippen LogP contribution in [0.3, 0.4) is 0 Å². The van der Waals surface area contributed by atoms with Gasteiger partial charge in [0.1, 0.15) is 0 Å². The van der Waals surface area contributed by atoms with Crippen molar-refractivity contribution in [3.05, 3.63) is 0 Å². The monoisotopic (exact) mass is 215 g/mol. The van der Waals surface area contributed by atoms with Crippen LogP contribution in [0.5, 0.6) is 0 Å². The van der Waals surface area contributed by atoms with Gasteiger partial charge in [-0.15, -0.1) is 0 Å². The molecule has 1 saturated heterocycles. The molecule has 0 bridgehead atoms. The summed E-state index contributed by atoms with van der Waals surface area (Å²) in [6.07, 6.45) is 0.225. The van der Waals surface area contributed by atoms with Gasteiger partial charge in [-0.3, -0.25) is 9.59 Å². The molecule has 86 valence electrons. The zero-order chi connectivity index (χ0) is 11.4. The molecular formula is C10H17NO4. The molecule has 1 unspecified atom stereocenters. The SMILES string of the molecule is CC(C)COCON1C(=O)CC(C)C1=O. The number of hydroxylamine groups is 2. The molecule has 0 aliphatic carbocycles. The first-order chi connectivity index (χ1) is 7.02. The Morgan fingerprint density at radius 3 is 2.60 bits per heavy atom. The van der Waals surface area contributed by atoms with E-state index < -0.39 is 0 Å². The Kier molecular flexibility index (Phi) is 4.23. The fraction of sp³-hybridized carbons (Fsp3) is 0.800. The first kappa shape index (κ1) is 12.1. The van der Waals surface area contributed by atoms with Gasteiger partial charge in [0, 0.05) is 12.3 Å². The second-order valence-corrected chi connectivity index (χ2v) is 4.14. The van der Waals surface area contributed by atoms with Crippen molar-refractivity contribution < 1.29 is 19.2 Å². The number of carbonyl (C=O) groups is 2. The minimum atomic E-state index is -0.291. The molecule has 0 N–H and O–H groups in total. The molecule has 0 aromatic rings. The predicted octanol–water partition coefficient (Wildman–Crippen LogP) is 0.943. The van der Waals surface area contributed by atoms with E-state index in [1.54, 1.807) is 6.92 Å². The zero-order valence-corrected chi connectivity index (χ0v) is 9.36. The molecule has 0 radical (unpaired) electrons. The summed E-state index contributed by atoms with van der Waals surface area (Å²) in [4.78, 5) is 27.6. The second kappa shape index (κ2) is 5.23. The predicted molar refractivity (Wildman–Crippen MR) is 52.4 cm³/mol. The van der Waals surface area contributed by atoms with Gasteiger partial charge in [-0.25, -0.2) is 4.84 Å². The Labute approximate surface area is 89.3 Å². The van der Waals surface area contributed by atoms with Gasteiger partial charge in [0.2, 0.25) is 0 Å². The van der Waals surface area contributed by atoms with E-state index >= 15 is 0 Å². The molecule has 1 aliphatic rings. The van der Waals surface area contributed by atoms with Crippen LogP contribution in [-0.4, -0.2) is 30.3 Å². The molecule has 1 atom stereocenters.